The van der Waals surface area contributed by atoms with Gasteiger partial charge in [-0.25, -0.2) is 0 Å². The summed E-state index contributed by atoms with van der Waals surface area (Å²) in [5.41, 5.74) is 21.8. The SMILES string of the molecule is CCCCCCc1cccc(C2(c3cccc(C)c3)c3cc(-c4ccc(/C=C5\C(=O)c6ccccc6C5=C(C#N)C#N)s4)ccc3-c3sc4c5c(sc4c32)-c2ccc(-c3ccc(/C=C4\C(=O)c6ccccc6C4=C(C#N)C#N)s3)cc2C5(c2cccc(CCCCCC)c2)c2cccc(CCCCCC)c2)c1. The number of Topliss-reactive ketones (excluding diaryl/α,β-unsaturated/α-hetero) is 2. The van der Waals surface area contributed by atoms with Gasteiger partial charge in [0.2, 0.25) is 0 Å². The summed E-state index contributed by atoms with van der Waals surface area (Å²) in [4.78, 5) is 34.9. The number of fused-ring (bicyclic) bond motifs is 11. The fraction of sp³-hybridized carbons (Fsp3) is 0.216. The van der Waals surface area contributed by atoms with E-state index in [2.05, 4.69) is 210 Å². The topological polar surface area (TPSA) is 129 Å². The van der Waals surface area contributed by atoms with Crippen molar-refractivity contribution in [2.24, 2.45) is 0 Å². The highest BCUT2D eigenvalue weighted by Crippen LogP contribution is 2.69. The van der Waals surface area contributed by atoms with Crippen LogP contribution in [0.15, 0.2) is 229 Å². The summed E-state index contributed by atoms with van der Waals surface area (Å²) in [7, 11) is 0. The minimum absolute atomic E-state index is 0.0789. The fourth-order valence-electron chi connectivity index (χ4n) is 17.4. The average molecular weight is 1460 g/mol. The molecule has 0 saturated carbocycles. The quantitative estimate of drug-likeness (QED) is 0.0356. The van der Waals surface area contributed by atoms with Gasteiger partial charge in [0.05, 0.1) is 20.2 Å². The Hall–Kier alpha value is -10.9. The minimum Gasteiger partial charge on any atom is -0.289 e. The van der Waals surface area contributed by atoms with Crippen LogP contribution in [0.4, 0.5) is 0 Å². The van der Waals surface area contributed by atoms with Crippen LogP contribution < -0.4 is 0 Å². The zero-order valence-corrected chi connectivity index (χ0v) is 63.9. The van der Waals surface area contributed by atoms with Gasteiger partial charge in [-0.2, -0.15) is 21.0 Å². The summed E-state index contributed by atoms with van der Waals surface area (Å²) < 4.78 is 2.59. The molecule has 4 aliphatic rings. The van der Waals surface area contributed by atoms with E-state index in [9.17, 15) is 30.6 Å². The molecule has 4 heterocycles. The van der Waals surface area contributed by atoms with Crippen molar-refractivity contribution in [3.8, 4) is 66.0 Å². The Bertz CT molecular complexity index is 5850. The predicted octanol–water partition coefficient (Wildman–Crippen LogP) is 26.0. The van der Waals surface area contributed by atoms with Crippen LogP contribution in [-0.2, 0) is 30.1 Å². The lowest BCUT2D eigenvalue weighted by Gasteiger charge is -2.35. The maximum absolute atomic E-state index is 14.3. The Labute approximate surface area is 643 Å². The Morgan fingerprint density at radius 3 is 1.12 bits per heavy atom. The summed E-state index contributed by atoms with van der Waals surface area (Å²) >= 11 is 7.14. The van der Waals surface area contributed by atoms with Gasteiger partial charge in [-0.1, -0.05) is 254 Å². The molecule has 12 aromatic rings. The van der Waals surface area contributed by atoms with Crippen LogP contribution in [0.25, 0.3) is 74.5 Å². The zero-order chi connectivity index (χ0) is 73.5. The third kappa shape index (κ3) is 12.1. The van der Waals surface area contributed by atoms with Gasteiger partial charge in [0.15, 0.2) is 11.6 Å². The van der Waals surface area contributed by atoms with E-state index in [0.717, 1.165) is 69.2 Å². The second kappa shape index (κ2) is 29.8. The zero-order valence-electron chi connectivity index (χ0n) is 60.6. The van der Waals surface area contributed by atoms with Gasteiger partial charge in [-0.3, -0.25) is 9.59 Å². The normalized spacial score (nSPS) is 15.6. The smallest absolute Gasteiger partial charge is 0.194 e. The summed E-state index contributed by atoms with van der Waals surface area (Å²) in [6.45, 7) is 9.06. The van der Waals surface area contributed by atoms with Crippen molar-refractivity contribution in [1.29, 1.82) is 21.0 Å². The van der Waals surface area contributed by atoms with Crippen LogP contribution in [0, 0.1) is 52.2 Å². The standard InChI is InChI=1S/C97H78N4O2S4/c1-5-8-11-14-26-61-29-22-33-69(49-61)96(68-32-21-25-60(4)48-68)82-52-64(84-46-42-72(104-84)54-80-86(66(56-98)57-99)74-36-17-19-38-76(74)90(80)102)40-44-78(82)92-88(96)94-95(106-92)89-93(107-94)79-45-41-65(85-47-43-73(105-85)55-81-87(67(58-100)59-101)75-37-18-20-39-77(75)91(81)103)53-83(79)97(89,70-34-23-30-62(50-70)27-15-12-9-6-2)71-35-24-31-63(51-71)28-16-13-10-7-3/h17-25,29-55H,5-16,26-28H2,1-4H3/b80-54-,81-55-. The van der Waals surface area contributed by atoms with Crippen molar-refractivity contribution >= 4 is 89.6 Å². The number of rotatable bonds is 23. The molecule has 4 aliphatic carbocycles. The van der Waals surface area contributed by atoms with Crippen molar-refractivity contribution in [3.63, 3.8) is 0 Å². The van der Waals surface area contributed by atoms with Crippen molar-refractivity contribution in [3.05, 3.63) is 327 Å². The van der Waals surface area contributed by atoms with Gasteiger partial charge >= 0.3 is 0 Å². The van der Waals surface area contributed by atoms with Crippen molar-refractivity contribution in [1.82, 2.24) is 0 Å². The first-order chi connectivity index (χ1) is 52.5. The maximum atomic E-state index is 14.3. The number of carbonyl (C=O) groups is 2. The molecule has 0 spiro atoms. The highest BCUT2D eigenvalue weighted by molar-refractivity contribution is 7.32. The number of carbonyl (C=O) groups excluding carboxylic acids is 2. The molecule has 0 amide bonds. The lowest BCUT2D eigenvalue weighted by Crippen LogP contribution is -2.29. The van der Waals surface area contributed by atoms with E-state index >= 15 is 0 Å². The number of aryl methyl sites for hydroxylation is 4. The molecule has 10 heteroatoms. The fourth-order valence-corrected chi connectivity index (χ4v) is 22.5. The predicted molar refractivity (Wildman–Crippen MR) is 443 cm³/mol. The Kier molecular flexibility index (Phi) is 19.6. The number of hydrogen-bond donors (Lipinski definition) is 0. The summed E-state index contributed by atoms with van der Waals surface area (Å²) in [6, 6.07) is 83.7. The number of benzene rings is 8. The highest BCUT2D eigenvalue weighted by atomic mass is 32.1. The highest BCUT2D eigenvalue weighted by Gasteiger charge is 2.54. The van der Waals surface area contributed by atoms with Crippen LogP contribution >= 0.6 is 45.3 Å². The molecule has 4 aromatic heterocycles. The molecule has 0 saturated heterocycles. The van der Waals surface area contributed by atoms with Crippen molar-refractivity contribution < 1.29 is 9.59 Å². The monoisotopic (exact) mass is 1460 g/mol. The average Bonchev–Trinajstić information content (AvgIpc) is 1.49. The van der Waals surface area contributed by atoms with E-state index in [1.54, 1.807) is 34.8 Å². The van der Waals surface area contributed by atoms with Crippen molar-refractivity contribution in [2.75, 3.05) is 0 Å². The van der Waals surface area contributed by atoms with Gasteiger partial charge in [-0.15, -0.1) is 45.3 Å². The first-order valence-electron chi connectivity index (χ1n) is 37.8. The first-order valence-corrected chi connectivity index (χ1v) is 41.0. The molecule has 522 valence electrons. The molecule has 8 aromatic carbocycles. The Morgan fingerprint density at radius 2 is 0.748 bits per heavy atom. The maximum Gasteiger partial charge on any atom is 0.194 e. The molecular weight excluding hydrogens is 1380 g/mol. The van der Waals surface area contributed by atoms with Crippen LogP contribution in [-0.4, -0.2) is 11.6 Å². The number of nitrogens with zero attached hydrogens (tertiary/aromatic N) is 4. The molecule has 1 atom stereocenters. The molecule has 6 nitrogen and oxygen atoms in total. The van der Waals surface area contributed by atoms with E-state index in [0.29, 0.717) is 44.5 Å². The van der Waals surface area contributed by atoms with Crippen LogP contribution in [0.5, 0.6) is 0 Å². The van der Waals surface area contributed by atoms with E-state index in [1.807, 2.05) is 71.2 Å². The number of thiophene rings is 4. The molecular formula is C97H78N4O2S4. The van der Waals surface area contributed by atoms with Gasteiger partial charge in [0.1, 0.15) is 35.4 Å². The van der Waals surface area contributed by atoms with Gasteiger partial charge in [0, 0.05) is 73.8 Å². The first kappa shape index (κ1) is 70.4. The minimum atomic E-state index is -0.790. The Morgan fingerprint density at radius 1 is 0.374 bits per heavy atom. The number of hydrogen-bond acceptors (Lipinski definition) is 10. The lowest BCUT2D eigenvalue weighted by atomic mass is 9.66. The van der Waals surface area contributed by atoms with Crippen LogP contribution in [0.1, 0.15) is 206 Å². The van der Waals surface area contributed by atoms with Gasteiger partial charge < -0.3 is 0 Å². The van der Waals surface area contributed by atoms with Crippen molar-refractivity contribution in [2.45, 2.75) is 135 Å². The molecule has 0 N–H and O–H groups in total. The number of nitriles is 4. The molecule has 16 rings (SSSR count). The van der Waals surface area contributed by atoms with E-state index in [1.165, 1.54) is 155 Å². The summed E-state index contributed by atoms with van der Waals surface area (Å²) in [6.07, 6.45) is 20.6. The molecule has 0 radical (unpaired) electrons. The third-order valence-corrected chi connectivity index (χ3v) is 27.1. The van der Waals surface area contributed by atoms with E-state index < -0.39 is 10.8 Å². The van der Waals surface area contributed by atoms with Gasteiger partial charge in [-0.05, 0) is 177 Å². The molecule has 0 aliphatic heterocycles. The third-order valence-electron chi connectivity index (χ3n) is 22.4. The second-order valence-electron chi connectivity index (χ2n) is 28.9. The summed E-state index contributed by atoms with van der Waals surface area (Å²) in [5, 5.41) is 41.0. The number of allylic oxidation sites excluding steroid dienone is 6. The van der Waals surface area contributed by atoms with Crippen LogP contribution in [0.2, 0.25) is 0 Å². The lowest BCUT2D eigenvalue weighted by molar-refractivity contribution is 0.103. The molecule has 0 fully saturated rings. The molecule has 107 heavy (non-hydrogen) atoms. The number of ketones is 2. The summed E-state index contributed by atoms with van der Waals surface area (Å²) in [5.74, 6) is -0.390. The van der Waals surface area contributed by atoms with Crippen LogP contribution in [0.3, 0.4) is 0 Å². The second-order valence-corrected chi connectivity index (χ2v) is 33.2. The molecule has 1 unspecified atom stereocenters. The molecule has 0 bridgehead atoms. The van der Waals surface area contributed by atoms with E-state index in [-0.39, 0.29) is 22.7 Å². The van der Waals surface area contributed by atoms with E-state index in [4.69, 9.17) is 0 Å². The number of unbranched alkanes of at least 4 members (excludes halogenated alkanes) is 9. The Balaban J connectivity index is 0.935. The largest absolute Gasteiger partial charge is 0.289 e. The van der Waals surface area contributed by atoms with Gasteiger partial charge in [0.25, 0.3) is 0 Å².